The Kier molecular flexibility index (Phi) is 3.98. The van der Waals surface area contributed by atoms with E-state index in [0.717, 1.165) is 23.5 Å². The van der Waals surface area contributed by atoms with E-state index >= 15 is 0 Å². The molecular formula is C12H14ClFOS. The quantitative estimate of drug-likeness (QED) is 0.767. The van der Waals surface area contributed by atoms with Crippen molar-refractivity contribution in [2.24, 2.45) is 0 Å². The van der Waals surface area contributed by atoms with Crippen LogP contribution in [0, 0.1) is 5.82 Å². The lowest BCUT2D eigenvalue weighted by molar-refractivity contribution is 0.259. The van der Waals surface area contributed by atoms with Crippen molar-refractivity contribution >= 4 is 23.4 Å². The summed E-state index contributed by atoms with van der Waals surface area (Å²) >= 11 is 7.53. The summed E-state index contributed by atoms with van der Waals surface area (Å²) in [5.74, 6) is 2.19. The van der Waals surface area contributed by atoms with E-state index in [0.29, 0.717) is 11.1 Å². The third-order valence-corrected chi connectivity index (χ3v) is 4.49. The van der Waals surface area contributed by atoms with Crippen LogP contribution in [0.5, 0.6) is 5.75 Å². The molecule has 1 aliphatic heterocycles. The minimum atomic E-state index is -0.190. The first kappa shape index (κ1) is 12.1. The van der Waals surface area contributed by atoms with E-state index in [2.05, 4.69) is 6.92 Å². The standard InChI is InChI=1S/C12H14ClFOS/c1-8(6-13)16-7-11-5-9-4-10(14)2-3-12(9)15-11/h2-4,8,11H,5-7H2,1H3. The Hall–Kier alpha value is -0.410. The van der Waals surface area contributed by atoms with Crippen LogP contribution in [0.1, 0.15) is 12.5 Å². The highest BCUT2D eigenvalue weighted by molar-refractivity contribution is 8.00. The third-order valence-electron chi connectivity index (χ3n) is 2.55. The molecule has 16 heavy (non-hydrogen) atoms. The lowest BCUT2D eigenvalue weighted by Crippen LogP contribution is -2.18. The van der Waals surface area contributed by atoms with Crippen LogP contribution in [0.15, 0.2) is 18.2 Å². The van der Waals surface area contributed by atoms with Gasteiger partial charge in [0.1, 0.15) is 17.7 Å². The molecule has 0 spiro atoms. The Morgan fingerprint density at radius 1 is 1.62 bits per heavy atom. The average Bonchev–Trinajstić information content (AvgIpc) is 2.67. The maximum Gasteiger partial charge on any atom is 0.123 e. The molecule has 0 amide bonds. The van der Waals surface area contributed by atoms with Crippen molar-refractivity contribution in [3.63, 3.8) is 0 Å². The molecule has 0 bridgehead atoms. The Balaban J connectivity index is 1.90. The van der Waals surface area contributed by atoms with Gasteiger partial charge in [-0.15, -0.1) is 11.6 Å². The molecule has 0 saturated heterocycles. The van der Waals surface area contributed by atoms with Gasteiger partial charge in [-0.05, 0) is 18.2 Å². The number of hydrogen-bond donors (Lipinski definition) is 0. The van der Waals surface area contributed by atoms with Gasteiger partial charge in [-0.3, -0.25) is 0 Å². The summed E-state index contributed by atoms with van der Waals surface area (Å²) in [4.78, 5) is 0. The smallest absolute Gasteiger partial charge is 0.123 e. The highest BCUT2D eigenvalue weighted by Crippen LogP contribution is 2.31. The average molecular weight is 261 g/mol. The molecule has 0 aliphatic carbocycles. The van der Waals surface area contributed by atoms with Gasteiger partial charge in [0.05, 0.1) is 0 Å². The fourth-order valence-electron chi connectivity index (χ4n) is 1.70. The van der Waals surface area contributed by atoms with Gasteiger partial charge in [0.15, 0.2) is 0 Å². The van der Waals surface area contributed by atoms with Crippen LogP contribution >= 0.6 is 23.4 Å². The lowest BCUT2D eigenvalue weighted by atomic mass is 10.1. The number of fused-ring (bicyclic) bond motifs is 1. The van der Waals surface area contributed by atoms with Gasteiger partial charge in [-0.25, -0.2) is 4.39 Å². The van der Waals surface area contributed by atoms with Crippen LogP contribution in [-0.4, -0.2) is 23.0 Å². The van der Waals surface area contributed by atoms with E-state index in [1.54, 1.807) is 23.9 Å². The molecule has 2 unspecified atom stereocenters. The second kappa shape index (κ2) is 5.28. The van der Waals surface area contributed by atoms with Crippen molar-refractivity contribution in [1.29, 1.82) is 0 Å². The number of hydrogen-bond acceptors (Lipinski definition) is 2. The fourth-order valence-corrected chi connectivity index (χ4v) is 2.78. The molecular weight excluding hydrogens is 247 g/mol. The molecule has 2 atom stereocenters. The van der Waals surface area contributed by atoms with Crippen LogP contribution in [-0.2, 0) is 6.42 Å². The number of thioether (sulfide) groups is 1. The van der Waals surface area contributed by atoms with Crippen molar-refractivity contribution in [3.05, 3.63) is 29.6 Å². The minimum Gasteiger partial charge on any atom is -0.489 e. The molecule has 0 N–H and O–H groups in total. The lowest BCUT2D eigenvalue weighted by Gasteiger charge is -2.12. The van der Waals surface area contributed by atoms with Gasteiger partial charge in [0.25, 0.3) is 0 Å². The molecule has 0 saturated carbocycles. The van der Waals surface area contributed by atoms with Crippen LogP contribution in [0.2, 0.25) is 0 Å². The van der Waals surface area contributed by atoms with Gasteiger partial charge < -0.3 is 4.74 Å². The van der Waals surface area contributed by atoms with E-state index in [1.807, 2.05) is 0 Å². The molecule has 1 aliphatic rings. The first-order chi connectivity index (χ1) is 7.69. The van der Waals surface area contributed by atoms with E-state index in [4.69, 9.17) is 16.3 Å². The van der Waals surface area contributed by atoms with Crippen molar-refractivity contribution in [3.8, 4) is 5.75 Å². The van der Waals surface area contributed by atoms with E-state index in [1.165, 1.54) is 6.07 Å². The summed E-state index contributed by atoms with van der Waals surface area (Å²) in [5.41, 5.74) is 0.976. The predicted octanol–water partition coefficient (Wildman–Crippen LogP) is 3.49. The van der Waals surface area contributed by atoms with Crippen LogP contribution in [0.3, 0.4) is 0 Å². The number of benzene rings is 1. The molecule has 88 valence electrons. The summed E-state index contributed by atoms with van der Waals surface area (Å²) < 4.78 is 18.7. The summed E-state index contributed by atoms with van der Waals surface area (Å²) in [6.45, 7) is 2.10. The normalized spacial score (nSPS) is 20.3. The highest BCUT2D eigenvalue weighted by Gasteiger charge is 2.23. The van der Waals surface area contributed by atoms with Crippen molar-refractivity contribution in [2.75, 3.05) is 11.6 Å². The molecule has 1 aromatic carbocycles. The maximum atomic E-state index is 13.0. The number of rotatable bonds is 4. The van der Waals surface area contributed by atoms with Crippen molar-refractivity contribution in [2.45, 2.75) is 24.7 Å². The molecule has 2 rings (SSSR count). The summed E-state index contributed by atoms with van der Waals surface area (Å²) in [5, 5.41) is 0.436. The van der Waals surface area contributed by atoms with Crippen LogP contribution in [0.25, 0.3) is 0 Å². The van der Waals surface area contributed by atoms with E-state index in [9.17, 15) is 4.39 Å². The topological polar surface area (TPSA) is 9.23 Å². The van der Waals surface area contributed by atoms with Gasteiger partial charge in [-0.1, -0.05) is 6.92 Å². The second-order valence-electron chi connectivity index (χ2n) is 3.99. The second-order valence-corrected chi connectivity index (χ2v) is 5.77. The summed E-state index contributed by atoms with van der Waals surface area (Å²) in [6.07, 6.45) is 0.960. The Morgan fingerprint density at radius 2 is 2.44 bits per heavy atom. The fraction of sp³-hybridized carbons (Fsp3) is 0.500. The summed E-state index contributed by atoms with van der Waals surface area (Å²) in [7, 11) is 0. The van der Waals surface area contributed by atoms with Gasteiger partial charge in [-0.2, -0.15) is 11.8 Å². The van der Waals surface area contributed by atoms with Gasteiger partial charge in [0.2, 0.25) is 0 Å². The first-order valence-corrected chi connectivity index (χ1v) is 6.90. The number of ether oxygens (including phenoxy) is 1. The van der Waals surface area contributed by atoms with Gasteiger partial charge in [0, 0.05) is 28.9 Å². The Morgan fingerprint density at radius 3 is 3.19 bits per heavy atom. The number of alkyl halides is 1. The molecule has 1 aromatic rings. The Labute approximate surface area is 104 Å². The van der Waals surface area contributed by atoms with E-state index < -0.39 is 0 Å². The maximum absolute atomic E-state index is 13.0. The zero-order chi connectivity index (χ0) is 11.5. The van der Waals surface area contributed by atoms with Crippen molar-refractivity contribution < 1.29 is 9.13 Å². The largest absolute Gasteiger partial charge is 0.489 e. The monoisotopic (exact) mass is 260 g/mol. The van der Waals surface area contributed by atoms with E-state index in [-0.39, 0.29) is 11.9 Å². The molecule has 1 nitrogen and oxygen atoms in total. The predicted molar refractivity (Wildman–Crippen MR) is 67.2 cm³/mol. The molecule has 0 fully saturated rings. The molecule has 4 heteroatoms. The van der Waals surface area contributed by atoms with Crippen LogP contribution in [0.4, 0.5) is 4.39 Å². The SMILES string of the molecule is CC(CCl)SCC1Cc2cc(F)ccc2O1. The third kappa shape index (κ3) is 2.83. The minimum absolute atomic E-state index is 0.160. The molecule has 0 aromatic heterocycles. The number of halogens is 2. The highest BCUT2D eigenvalue weighted by atomic mass is 35.5. The zero-order valence-corrected chi connectivity index (χ0v) is 10.7. The Bertz CT molecular complexity index is 372. The molecule has 1 heterocycles. The van der Waals surface area contributed by atoms with Gasteiger partial charge >= 0.3 is 0 Å². The molecule has 0 radical (unpaired) electrons. The van der Waals surface area contributed by atoms with Crippen LogP contribution < -0.4 is 4.74 Å². The summed E-state index contributed by atoms with van der Waals surface area (Å²) in [6, 6.07) is 4.71. The zero-order valence-electron chi connectivity index (χ0n) is 9.08. The first-order valence-electron chi connectivity index (χ1n) is 5.31. The van der Waals surface area contributed by atoms with Crippen molar-refractivity contribution in [1.82, 2.24) is 0 Å².